The quantitative estimate of drug-likeness (QED) is 0.708. The zero-order valence-corrected chi connectivity index (χ0v) is 12.2. The molecule has 0 heterocycles. The molecule has 0 aromatic heterocycles. The first-order valence-electron chi connectivity index (χ1n) is 7.46. The van der Waals surface area contributed by atoms with Crippen molar-refractivity contribution in [3.8, 4) is 5.75 Å². The van der Waals surface area contributed by atoms with Gasteiger partial charge in [-0.3, -0.25) is 0 Å². The molecule has 0 unspecified atom stereocenters. The topological polar surface area (TPSA) is 18.5 Å². The molecule has 2 heteroatoms. The average molecular weight is 262 g/mol. The smallest absolute Gasteiger partial charge is 0.118 e. The van der Waals surface area contributed by atoms with Crippen LogP contribution in [0.25, 0.3) is 0 Å². The molecule has 0 aliphatic heterocycles. The van der Waals surface area contributed by atoms with Crippen LogP contribution < -0.4 is 4.74 Å². The number of rotatable bonds is 6. The third kappa shape index (κ3) is 4.24. The number of ether oxygens (including phenoxy) is 2. The van der Waals surface area contributed by atoms with Gasteiger partial charge in [0.05, 0.1) is 7.11 Å². The SMILES string of the molecule is COCCC[C@H]1CC[C@H](c2ccc(OC)cc2)CC1. The molecule has 1 aliphatic rings. The van der Waals surface area contributed by atoms with Crippen LogP contribution >= 0.6 is 0 Å². The Labute approximate surface area is 117 Å². The lowest BCUT2D eigenvalue weighted by Crippen LogP contribution is -2.13. The van der Waals surface area contributed by atoms with E-state index in [9.17, 15) is 0 Å². The molecular weight excluding hydrogens is 236 g/mol. The third-order valence-corrected chi connectivity index (χ3v) is 4.39. The molecule has 2 nitrogen and oxygen atoms in total. The Bertz CT molecular complexity index is 350. The Balaban J connectivity index is 1.78. The summed E-state index contributed by atoms with van der Waals surface area (Å²) < 4.78 is 10.3. The molecule has 1 aliphatic carbocycles. The predicted octanol–water partition coefficient (Wildman–Crippen LogP) is 4.40. The third-order valence-electron chi connectivity index (χ3n) is 4.39. The molecule has 0 bridgehead atoms. The normalized spacial score (nSPS) is 23.3. The molecule has 0 atom stereocenters. The average Bonchev–Trinajstić information content (AvgIpc) is 2.48. The van der Waals surface area contributed by atoms with Crippen LogP contribution in [0.3, 0.4) is 0 Å². The fourth-order valence-corrected chi connectivity index (χ4v) is 3.18. The van der Waals surface area contributed by atoms with E-state index < -0.39 is 0 Å². The summed E-state index contributed by atoms with van der Waals surface area (Å²) >= 11 is 0. The fraction of sp³-hybridized carbons (Fsp3) is 0.647. The molecule has 0 spiro atoms. The molecule has 1 fully saturated rings. The molecule has 0 amide bonds. The van der Waals surface area contributed by atoms with Gasteiger partial charge in [-0.25, -0.2) is 0 Å². The monoisotopic (exact) mass is 262 g/mol. The summed E-state index contributed by atoms with van der Waals surface area (Å²) in [6.07, 6.45) is 7.98. The molecule has 19 heavy (non-hydrogen) atoms. The summed E-state index contributed by atoms with van der Waals surface area (Å²) in [5.74, 6) is 2.63. The van der Waals surface area contributed by atoms with E-state index in [2.05, 4.69) is 24.3 Å². The summed E-state index contributed by atoms with van der Waals surface area (Å²) in [5.41, 5.74) is 1.48. The van der Waals surface area contributed by atoms with Crippen molar-refractivity contribution < 1.29 is 9.47 Å². The Kier molecular flexibility index (Phi) is 5.71. The van der Waals surface area contributed by atoms with E-state index >= 15 is 0 Å². The molecule has 1 saturated carbocycles. The molecule has 0 saturated heterocycles. The number of hydrogen-bond acceptors (Lipinski definition) is 2. The maximum atomic E-state index is 5.22. The van der Waals surface area contributed by atoms with Crippen LogP contribution in [0.4, 0.5) is 0 Å². The van der Waals surface area contributed by atoms with Crippen LogP contribution in [-0.4, -0.2) is 20.8 Å². The summed E-state index contributed by atoms with van der Waals surface area (Å²) in [6.45, 7) is 0.915. The maximum Gasteiger partial charge on any atom is 0.118 e. The lowest BCUT2D eigenvalue weighted by atomic mass is 9.77. The maximum absolute atomic E-state index is 5.22. The number of methoxy groups -OCH3 is 2. The standard InChI is InChI=1S/C17H26O2/c1-18-13-3-4-14-5-7-15(8-6-14)16-9-11-17(19-2)12-10-16/h9-12,14-15H,3-8,13H2,1-2H3/t14-,15-. The van der Waals surface area contributed by atoms with Crippen molar-refractivity contribution in [3.05, 3.63) is 29.8 Å². The van der Waals surface area contributed by atoms with Crippen molar-refractivity contribution >= 4 is 0 Å². The number of hydrogen-bond donors (Lipinski definition) is 0. The van der Waals surface area contributed by atoms with Crippen molar-refractivity contribution in [2.24, 2.45) is 5.92 Å². The first-order chi connectivity index (χ1) is 9.33. The van der Waals surface area contributed by atoms with Crippen LogP contribution in [0.5, 0.6) is 5.75 Å². The van der Waals surface area contributed by atoms with Gasteiger partial charge in [0.2, 0.25) is 0 Å². The minimum Gasteiger partial charge on any atom is -0.497 e. The second-order valence-electron chi connectivity index (χ2n) is 5.63. The van der Waals surface area contributed by atoms with Gasteiger partial charge in [-0.15, -0.1) is 0 Å². The molecule has 0 N–H and O–H groups in total. The first-order valence-corrected chi connectivity index (χ1v) is 7.46. The highest BCUT2D eigenvalue weighted by Crippen LogP contribution is 2.37. The van der Waals surface area contributed by atoms with Gasteiger partial charge in [-0.05, 0) is 68.1 Å². The van der Waals surface area contributed by atoms with E-state index in [0.29, 0.717) is 0 Å². The van der Waals surface area contributed by atoms with Gasteiger partial charge in [-0.1, -0.05) is 12.1 Å². The van der Waals surface area contributed by atoms with Crippen molar-refractivity contribution in [2.45, 2.75) is 44.4 Å². The lowest BCUT2D eigenvalue weighted by Gasteiger charge is -2.28. The molecule has 1 aromatic rings. The van der Waals surface area contributed by atoms with E-state index in [4.69, 9.17) is 9.47 Å². The predicted molar refractivity (Wildman–Crippen MR) is 78.8 cm³/mol. The van der Waals surface area contributed by atoms with E-state index in [1.54, 1.807) is 14.2 Å². The second-order valence-corrected chi connectivity index (χ2v) is 5.63. The zero-order valence-electron chi connectivity index (χ0n) is 12.2. The van der Waals surface area contributed by atoms with Crippen LogP contribution in [0.15, 0.2) is 24.3 Å². The first kappa shape index (κ1) is 14.4. The summed E-state index contributed by atoms with van der Waals surface area (Å²) in [7, 11) is 3.51. The van der Waals surface area contributed by atoms with Gasteiger partial charge >= 0.3 is 0 Å². The van der Waals surface area contributed by atoms with Gasteiger partial charge < -0.3 is 9.47 Å². The molecule has 0 radical (unpaired) electrons. The highest BCUT2D eigenvalue weighted by Gasteiger charge is 2.21. The van der Waals surface area contributed by atoms with E-state index in [1.165, 1.54) is 44.1 Å². The van der Waals surface area contributed by atoms with Crippen molar-refractivity contribution in [3.63, 3.8) is 0 Å². The summed E-state index contributed by atoms with van der Waals surface area (Å²) in [6, 6.07) is 8.63. The second kappa shape index (κ2) is 7.54. The van der Waals surface area contributed by atoms with E-state index in [-0.39, 0.29) is 0 Å². The van der Waals surface area contributed by atoms with Crippen LogP contribution in [0, 0.1) is 5.92 Å². The van der Waals surface area contributed by atoms with E-state index in [1.807, 2.05) is 0 Å². The Morgan fingerprint density at radius 2 is 1.68 bits per heavy atom. The minimum atomic E-state index is 0.754. The Morgan fingerprint density at radius 3 is 2.26 bits per heavy atom. The highest BCUT2D eigenvalue weighted by atomic mass is 16.5. The Morgan fingerprint density at radius 1 is 1.00 bits per heavy atom. The van der Waals surface area contributed by atoms with Gasteiger partial charge in [0.1, 0.15) is 5.75 Å². The molecule has 1 aromatic carbocycles. The summed E-state index contributed by atoms with van der Waals surface area (Å²) in [5, 5.41) is 0. The molecule has 106 valence electrons. The van der Waals surface area contributed by atoms with Crippen molar-refractivity contribution in [1.29, 1.82) is 0 Å². The largest absolute Gasteiger partial charge is 0.497 e. The lowest BCUT2D eigenvalue weighted by molar-refractivity contribution is 0.180. The summed E-state index contributed by atoms with van der Waals surface area (Å²) in [4.78, 5) is 0. The fourth-order valence-electron chi connectivity index (χ4n) is 3.18. The van der Waals surface area contributed by atoms with E-state index in [0.717, 1.165) is 24.2 Å². The zero-order chi connectivity index (χ0) is 13.5. The van der Waals surface area contributed by atoms with Crippen LogP contribution in [0.1, 0.15) is 50.0 Å². The highest BCUT2D eigenvalue weighted by molar-refractivity contribution is 5.29. The molecular formula is C17H26O2. The molecule has 2 rings (SSSR count). The van der Waals surface area contributed by atoms with Crippen LogP contribution in [0.2, 0.25) is 0 Å². The van der Waals surface area contributed by atoms with Crippen molar-refractivity contribution in [1.82, 2.24) is 0 Å². The minimum absolute atomic E-state index is 0.754. The van der Waals surface area contributed by atoms with Gasteiger partial charge in [0.15, 0.2) is 0 Å². The van der Waals surface area contributed by atoms with Gasteiger partial charge in [0, 0.05) is 13.7 Å². The van der Waals surface area contributed by atoms with Crippen LogP contribution in [-0.2, 0) is 4.74 Å². The number of benzene rings is 1. The van der Waals surface area contributed by atoms with Crippen molar-refractivity contribution in [2.75, 3.05) is 20.8 Å². The van der Waals surface area contributed by atoms with Gasteiger partial charge in [0.25, 0.3) is 0 Å². The Hall–Kier alpha value is -1.02. The van der Waals surface area contributed by atoms with Gasteiger partial charge in [-0.2, -0.15) is 0 Å².